The summed E-state index contributed by atoms with van der Waals surface area (Å²) in [7, 11) is -3.88. The molecule has 0 aromatic heterocycles. The molecule has 108 valence electrons. The minimum atomic E-state index is -4.38. The number of benzene rings is 1. The van der Waals surface area contributed by atoms with Crippen LogP contribution in [0, 0.1) is 5.82 Å². The number of rotatable bonds is 5. The third-order valence-corrected chi connectivity index (χ3v) is 4.05. The molecule has 1 N–H and O–H groups in total. The van der Waals surface area contributed by atoms with Crippen LogP contribution in [0.2, 0.25) is 0 Å². The molecule has 0 heterocycles. The van der Waals surface area contributed by atoms with E-state index in [1.165, 1.54) is 12.1 Å². The second kappa shape index (κ2) is 6.08. The van der Waals surface area contributed by atoms with Gasteiger partial charge in [0, 0.05) is 12.1 Å². The van der Waals surface area contributed by atoms with Gasteiger partial charge in [0.25, 0.3) is 0 Å². The third-order valence-electron chi connectivity index (χ3n) is 2.07. The van der Waals surface area contributed by atoms with Crippen LogP contribution in [-0.2, 0) is 10.0 Å². The molecule has 1 rings (SSSR count). The monoisotopic (exact) mass is 363 g/mol. The fourth-order valence-corrected chi connectivity index (χ4v) is 2.74. The Labute approximate surface area is 116 Å². The minimum Gasteiger partial charge on any atom is -0.284 e. The Balaban J connectivity index is 2.61. The fourth-order valence-electron chi connectivity index (χ4n) is 1.25. The fraction of sp³-hybridized carbons (Fsp3) is 0.400. The maximum Gasteiger partial charge on any atom is 0.389 e. The Morgan fingerprint density at radius 3 is 2.42 bits per heavy atom. The third kappa shape index (κ3) is 6.24. The van der Waals surface area contributed by atoms with Gasteiger partial charge >= 0.3 is 6.18 Å². The Bertz CT molecular complexity index is 545. The first kappa shape index (κ1) is 16.2. The summed E-state index contributed by atoms with van der Waals surface area (Å²) in [6.45, 7) is 0. The lowest BCUT2D eigenvalue weighted by Gasteiger charge is -2.09. The highest BCUT2D eigenvalue weighted by Gasteiger charge is 2.27. The summed E-state index contributed by atoms with van der Waals surface area (Å²) in [4.78, 5) is 0. The molecule has 0 radical (unpaired) electrons. The highest BCUT2D eigenvalue weighted by molar-refractivity contribution is 9.10. The van der Waals surface area contributed by atoms with Crippen LogP contribution in [0.1, 0.15) is 12.8 Å². The predicted molar refractivity (Wildman–Crippen MR) is 66.8 cm³/mol. The number of halogens is 5. The standard InChI is InChI=1S/C10H10BrF4NO2S/c11-8-6-7(2-3-9(8)12)16-19(17,18)5-1-4-10(13,14)15/h2-3,6,16H,1,4-5H2. The topological polar surface area (TPSA) is 46.2 Å². The van der Waals surface area contributed by atoms with Crippen LogP contribution < -0.4 is 4.72 Å². The molecule has 0 saturated heterocycles. The Morgan fingerprint density at radius 1 is 1.26 bits per heavy atom. The molecule has 0 aliphatic carbocycles. The largest absolute Gasteiger partial charge is 0.389 e. The van der Waals surface area contributed by atoms with Gasteiger partial charge in [-0.3, -0.25) is 4.72 Å². The van der Waals surface area contributed by atoms with E-state index in [0.717, 1.165) is 6.07 Å². The van der Waals surface area contributed by atoms with Gasteiger partial charge in [0.2, 0.25) is 10.0 Å². The second-order valence-electron chi connectivity index (χ2n) is 3.77. The quantitative estimate of drug-likeness (QED) is 0.811. The average molecular weight is 364 g/mol. The number of nitrogens with one attached hydrogen (secondary N) is 1. The molecule has 0 unspecified atom stereocenters. The van der Waals surface area contributed by atoms with Crippen molar-refractivity contribution in [2.24, 2.45) is 0 Å². The van der Waals surface area contributed by atoms with Crippen molar-refractivity contribution >= 4 is 31.6 Å². The van der Waals surface area contributed by atoms with Gasteiger partial charge in [-0.2, -0.15) is 13.2 Å². The van der Waals surface area contributed by atoms with Crippen molar-refractivity contribution in [3.05, 3.63) is 28.5 Å². The first-order chi connectivity index (χ1) is 8.59. The predicted octanol–water partition coefficient (Wildman–Crippen LogP) is 3.67. The van der Waals surface area contributed by atoms with E-state index in [-0.39, 0.29) is 10.2 Å². The van der Waals surface area contributed by atoms with Crippen molar-refractivity contribution in [3.63, 3.8) is 0 Å². The van der Waals surface area contributed by atoms with Crippen LogP contribution >= 0.6 is 15.9 Å². The van der Waals surface area contributed by atoms with Crippen molar-refractivity contribution in [3.8, 4) is 0 Å². The molecule has 0 aliphatic rings. The molecule has 0 spiro atoms. The molecule has 0 atom stereocenters. The zero-order valence-electron chi connectivity index (χ0n) is 9.47. The number of hydrogen-bond acceptors (Lipinski definition) is 2. The summed E-state index contributed by atoms with van der Waals surface area (Å²) >= 11 is 2.87. The van der Waals surface area contributed by atoms with Gasteiger partial charge in [0.05, 0.1) is 10.2 Å². The van der Waals surface area contributed by atoms with Crippen LogP contribution in [-0.4, -0.2) is 20.3 Å². The van der Waals surface area contributed by atoms with E-state index in [1.807, 2.05) is 0 Å². The van der Waals surface area contributed by atoms with Gasteiger partial charge in [-0.15, -0.1) is 0 Å². The van der Waals surface area contributed by atoms with Crippen LogP contribution in [0.25, 0.3) is 0 Å². The smallest absolute Gasteiger partial charge is 0.284 e. The maximum atomic E-state index is 12.9. The molecule has 1 aromatic rings. The van der Waals surface area contributed by atoms with E-state index >= 15 is 0 Å². The van der Waals surface area contributed by atoms with Crippen molar-refractivity contribution in [1.29, 1.82) is 0 Å². The first-order valence-corrected chi connectivity index (χ1v) is 7.56. The SMILES string of the molecule is O=S(=O)(CCCC(F)(F)F)Nc1ccc(F)c(Br)c1. The number of hydrogen-bond donors (Lipinski definition) is 1. The molecule has 3 nitrogen and oxygen atoms in total. The molecule has 0 bridgehead atoms. The van der Waals surface area contributed by atoms with Gasteiger partial charge in [-0.05, 0) is 40.5 Å². The highest BCUT2D eigenvalue weighted by atomic mass is 79.9. The summed E-state index contributed by atoms with van der Waals surface area (Å²) < 4.78 is 73.7. The van der Waals surface area contributed by atoms with E-state index in [9.17, 15) is 26.0 Å². The summed E-state index contributed by atoms with van der Waals surface area (Å²) in [6, 6.07) is 3.41. The van der Waals surface area contributed by atoms with Gasteiger partial charge in [-0.1, -0.05) is 0 Å². The molecular formula is C10H10BrF4NO2S. The summed E-state index contributed by atoms with van der Waals surface area (Å²) in [6.07, 6.45) is -6.07. The second-order valence-corrected chi connectivity index (χ2v) is 6.46. The molecule has 0 aliphatic heterocycles. The number of alkyl halides is 3. The first-order valence-electron chi connectivity index (χ1n) is 5.11. The number of anilines is 1. The van der Waals surface area contributed by atoms with Crippen molar-refractivity contribution in [1.82, 2.24) is 0 Å². The van der Waals surface area contributed by atoms with Crippen molar-refractivity contribution < 1.29 is 26.0 Å². The van der Waals surface area contributed by atoms with Crippen LogP contribution in [0.4, 0.5) is 23.2 Å². The number of sulfonamides is 1. The molecule has 19 heavy (non-hydrogen) atoms. The molecular weight excluding hydrogens is 354 g/mol. The van der Waals surface area contributed by atoms with E-state index in [2.05, 4.69) is 20.7 Å². The average Bonchev–Trinajstić information content (AvgIpc) is 2.20. The lowest BCUT2D eigenvalue weighted by molar-refractivity contribution is -0.134. The van der Waals surface area contributed by atoms with Crippen LogP contribution in [0.5, 0.6) is 0 Å². The van der Waals surface area contributed by atoms with E-state index in [4.69, 9.17) is 0 Å². The molecule has 0 amide bonds. The summed E-state index contributed by atoms with van der Waals surface area (Å²) in [5, 5.41) is 0. The van der Waals surface area contributed by atoms with Gasteiger partial charge in [0.1, 0.15) is 5.82 Å². The van der Waals surface area contributed by atoms with E-state index in [0.29, 0.717) is 0 Å². The summed E-state index contributed by atoms with van der Waals surface area (Å²) in [5.41, 5.74) is 0.0836. The van der Waals surface area contributed by atoms with Crippen molar-refractivity contribution in [2.75, 3.05) is 10.5 Å². The van der Waals surface area contributed by atoms with Gasteiger partial charge < -0.3 is 0 Å². The Hall–Kier alpha value is -0.830. The Kier molecular flexibility index (Phi) is 5.19. The lowest BCUT2D eigenvalue weighted by Crippen LogP contribution is -2.18. The van der Waals surface area contributed by atoms with E-state index < -0.39 is 40.6 Å². The zero-order valence-corrected chi connectivity index (χ0v) is 11.9. The zero-order chi connectivity index (χ0) is 14.7. The van der Waals surface area contributed by atoms with E-state index in [1.54, 1.807) is 0 Å². The summed E-state index contributed by atoms with van der Waals surface area (Å²) in [5.74, 6) is -1.22. The lowest BCUT2D eigenvalue weighted by atomic mass is 10.3. The van der Waals surface area contributed by atoms with Crippen LogP contribution in [0.15, 0.2) is 22.7 Å². The van der Waals surface area contributed by atoms with Gasteiger partial charge in [0.15, 0.2) is 0 Å². The molecule has 1 aromatic carbocycles. The highest BCUT2D eigenvalue weighted by Crippen LogP contribution is 2.23. The minimum absolute atomic E-state index is 0.0583. The van der Waals surface area contributed by atoms with Crippen molar-refractivity contribution in [2.45, 2.75) is 19.0 Å². The van der Waals surface area contributed by atoms with Crippen LogP contribution in [0.3, 0.4) is 0 Å². The Morgan fingerprint density at radius 2 is 1.89 bits per heavy atom. The van der Waals surface area contributed by atoms with Gasteiger partial charge in [-0.25, -0.2) is 12.8 Å². The molecule has 0 saturated carbocycles. The normalized spacial score (nSPS) is 12.5. The maximum absolute atomic E-state index is 12.9. The molecule has 9 heteroatoms. The molecule has 0 fully saturated rings.